The summed E-state index contributed by atoms with van der Waals surface area (Å²) in [7, 11) is 1.39. The number of hydrogen-bond acceptors (Lipinski definition) is 5. The van der Waals surface area contributed by atoms with Crippen LogP contribution in [0.5, 0.6) is 17.2 Å². The van der Waals surface area contributed by atoms with Gasteiger partial charge in [-0.2, -0.15) is 0 Å². The number of ketones is 1. The number of nitrogens with one attached hydrogen (secondary N) is 1. The third-order valence-electron chi connectivity index (χ3n) is 4.70. The predicted molar refractivity (Wildman–Crippen MR) is 105 cm³/mol. The number of Topliss-reactive ketones (excluding diaryl/α,β-unsaturated/α-hetero) is 1. The predicted octanol–water partition coefficient (Wildman–Crippen LogP) is 3.84. The van der Waals surface area contributed by atoms with Crippen molar-refractivity contribution in [1.29, 1.82) is 0 Å². The van der Waals surface area contributed by atoms with Gasteiger partial charge in [-0.15, -0.1) is 0 Å². The molecule has 0 bridgehead atoms. The van der Waals surface area contributed by atoms with E-state index in [9.17, 15) is 14.0 Å². The highest BCUT2D eigenvalue weighted by Gasteiger charge is 2.17. The second kappa shape index (κ2) is 9.41. The fourth-order valence-electron chi connectivity index (χ4n) is 3.06. The maximum absolute atomic E-state index is 13.8. The van der Waals surface area contributed by atoms with Crippen molar-refractivity contribution in [2.45, 2.75) is 32.2 Å². The number of carbonyl (C=O) groups excluding carboxylic acids is 2. The van der Waals surface area contributed by atoms with E-state index in [1.54, 1.807) is 31.2 Å². The zero-order valence-electron chi connectivity index (χ0n) is 16.5. The van der Waals surface area contributed by atoms with Crippen LogP contribution in [-0.4, -0.2) is 32.0 Å². The maximum atomic E-state index is 13.8. The summed E-state index contributed by atoms with van der Waals surface area (Å²) in [5.74, 6) is 0.393. The van der Waals surface area contributed by atoms with Gasteiger partial charge < -0.3 is 19.5 Å². The first kappa shape index (κ1) is 20.6. The number of fused-ring (bicyclic) bond motifs is 1. The fraction of sp³-hybridized carbons (Fsp3) is 0.364. The fourth-order valence-corrected chi connectivity index (χ4v) is 3.06. The molecule has 3 rings (SSSR count). The molecule has 1 unspecified atom stereocenters. The Morgan fingerprint density at radius 1 is 1.10 bits per heavy atom. The molecule has 1 aliphatic heterocycles. The molecule has 7 heteroatoms. The quantitative estimate of drug-likeness (QED) is 0.714. The molecule has 6 nitrogen and oxygen atoms in total. The molecule has 0 saturated carbocycles. The molecule has 2 aromatic carbocycles. The molecule has 0 saturated heterocycles. The Labute approximate surface area is 169 Å². The molecule has 154 valence electrons. The van der Waals surface area contributed by atoms with E-state index in [0.717, 1.165) is 6.42 Å². The van der Waals surface area contributed by atoms with Crippen molar-refractivity contribution >= 4 is 11.7 Å². The smallest absolute Gasteiger partial charge is 0.220 e. The van der Waals surface area contributed by atoms with Crippen molar-refractivity contribution in [3.63, 3.8) is 0 Å². The van der Waals surface area contributed by atoms with Gasteiger partial charge in [0, 0.05) is 24.8 Å². The third-order valence-corrected chi connectivity index (χ3v) is 4.70. The minimum absolute atomic E-state index is 0.0379. The van der Waals surface area contributed by atoms with E-state index in [-0.39, 0.29) is 30.3 Å². The summed E-state index contributed by atoms with van der Waals surface area (Å²) >= 11 is 0. The molecular weight excluding hydrogens is 377 g/mol. The van der Waals surface area contributed by atoms with Gasteiger partial charge in [0.25, 0.3) is 0 Å². The van der Waals surface area contributed by atoms with Gasteiger partial charge >= 0.3 is 0 Å². The summed E-state index contributed by atoms with van der Waals surface area (Å²) < 4.78 is 29.9. The minimum atomic E-state index is -0.490. The first-order valence-electron chi connectivity index (χ1n) is 9.53. The van der Waals surface area contributed by atoms with Gasteiger partial charge in [-0.3, -0.25) is 9.59 Å². The van der Waals surface area contributed by atoms with E-state index >= 15 is 0 Å². The lowest BCUT2D eigenvalue weighted by Crippen LogP contribution is -2.27. The second-order valence-electron chi connectivity index (χ2n) is 6.82. The second-order valence-corrected chi connectivity index (χ2v) is 6.82. The van der Waals surface area contributed by atoms with Crippen LogP contribution in [0.1, 0.15) is 48.1 Å². The van der Waals surface area contributed by atoms with Crippen LogP contribution in [0, 0.1) is 5.82 Å². The zero-order chi connectivity index (χ0) is 20.8. The van der Waals surface area contributed by atoms with E-state index in [0.29, 0.717) is 35.8 Å². The summed E-state index contributed by atoms with van der Waals surface area (Å²) in [6.45, 7) is 2.87. The average Bonchev–Trinajstić information content (AvgIpc) is 2.96. The van der Waals surface area contributed by atoms with Gasteiger partial charge in [0.1, 0.15) is 0 Å². The van der Waals surface area contributed by atoms with Crippen LogP contribution < -0.4 is 19.5 Å². The largest absolute Gasteiger partial charge is 0.494 e. The molecule has 0 aromatic heterocycles. The van der Waals surface area contributed by atoms with Crippen molar-refractivity contribution in [3.8, 4) is 17.2 Å². The zero-order valence-corrected chi connectivity index (χ0v) is 16.5. The molecule has 0 fully saturated rings. The number of ether oxygens (including phenoxy) is 3. The summed E-state index contributed by atoms with van der Waals surface area (Å²) in [4.78, 5) is 24.7. The Bertz CT molecular complexity index is 899. The van der Waals surface area contributed by atoms with Crippen molar-refractivity contribution in [1.82, 2.24) is 5.32 Å². The van der Waals surface area contributed by atoms with Crippen molar-refractivity contribution < 1.29 is 28.2 Å². The number of benzene rings is 2. The lowest BCUT2D eigenvalue weighted by molar-refractivity contribution is -0.121. The number of halogens is 1. The number of methoxy groups -OCH3 is 1. The van der Waals surface area contributed by atoms with Crippen molar-refractivity contribution in [2.75, 3.05) is 20.3 Å². The number of hydrogen-bond donors (Lipinski definition) is 1. The monoisotopic (exact) mass is 401 g/mol. The first-order valence-corrected chi connectivity index (χ1v) is 9.53. The Kier molecular flexibility index (Phi) is 6.69. The van der Waals surface area contributed by atoms with Crippen LogP contribution in [0.15, 0.2) is 36.4 Å². The molecular formula is C22H24FNO5. The van der Waals surface area contributed by atoms with E-state index in [2.05, 4.69) is 5.32 Å². The van der Waals surface area contributed by atoms with Gasteiger partial charge in [0.2, 0.25) is 5.91 Å². The Morgan fingerprint density at radius 3 is 2.59 bits per heavy atom. The van der Waals surface area contributed by atoms with Gasteiger partial charge in [-0.25, -0.2) is 4.39 Å². The Morgan fingerprint density at radius 2 is 1.86 bits per heavy atom. The third kappa shape index (κ3) is 5.25. The van der Waals surface area contributed by atoms with Crippen LogP contribution in [-0.2, 0) is 4.79 Å². The molecule has 1 amide bonds. The molecule has 2 aromatic rings. The standard InChI is InChI=1S/C22H24FNO5/c1-14(15-4-7-19(27-2)17(23)12-15)24-22(26)9-6-18(25)16-5-8-20-21(13-16)29-11-3-10-28-20/h4-5,7-8,12-14H,3,6,9-11H2,1-2H3,(H,24,26). The Balaban J connectivity index is 1.54. The van der Waals surface area contributed by atoms with Crippen LogP contribution in [0.25, 0.3) is 0 Å². The van der Waals surface area contributed by atoms with Crippen LogP contribution in [0.3, 0.4) is 0 Å². The Hall–Kier alpha value is -3.09. The molecule has 1 aliphatic rings. The number of amides is 1. The summed E-state index contributed by atoms with van der Waals surface area (Å²) in [5, 5.41) is 2.78. The summed E-state index contributed by atoms with van der Waals surface area (Å²) in [6, 6.07) is 9.19. The van der Waals surface area contributed by atoms with Gasteiger partial charge in [-0.1, -0.05) is 6.07 Å². The minimum Gasteiger partial charge on any atom is -0.494 e. The van der Waals surface area contributed by atoms with Gasteiger partial charge in [0.05, 0.1) is 26.4 Å². The highest BCUT2D eigenvalue weighted by Crippen LogP contribution is 2.31. The molecule has 0 radical (unpaired) electrons. The molecule has 0 spiro atoms. The molecule has 1 heterocycles. The van der Waals surface area contributed by atoms with Crippen LogP contribution in [0.2, 0.25) is 0 Å². The van der Waals surface area contributed by atoms with Crippen molar-refractivity contribution in [3.05, 3.63) is 53.3 Å². The lowest BCUT2D eigenvalue weighted by Gasteiger charge is -2.15. The molecule has 1 atom stereocenters. The van der Waals surface area contributed by atoms with Crippen LogP contribution >= 0.6 is 0 Å². The normalized spacial score (nSPS) is 13.9. The van der Waals surface area contributed by atoms with E-state index in [1.165, 1.54) is 19.2 Å². The molecule has 1 N–H and O–H groups in total. The van der Waals surface area contributed by atoms with E-state index in [1.807, 2.05) is 0 Å². The van der Waals surface area contributed by atoms with E-state index < -0.39 is 11.9 Å². The molecule has 0 aliphatic carbocycles. The SMILES string of the molecule is COc1ccc(C(C)NC(=O)CCC(=O)c2ccc3c(c2)OCCCO3)cc1F. The highest BCUT2D eigenvalue weighted by molar-refractivity contribution is 5.98. The number of carbonyl (C=O) groups is 2. The van der Waals surface area contributed by atoms with Crippen molar-refractivity contribution in [2.24, 2.45) is 0 Å². The summed E-state index contributed by atoms with van der Waals surface area (Å²) in [6.07, 6.45) is 0.889. The first-order chi connectivity index (χ1) is 14.0. The number of rotatable bonds is 7. The van der Waals surface area contributed by atoms with Gasteiger partial charge in [-0.05, 0) is 42.8 Å². The van der Waals surface area contributed by atoms with Gasteiger partial charge in [0.15, 0.2) is 28.8 Å². The summed E-state index contributed by atoms with van der Waals surface area (Å²) in [5.41, 5.74) is 1.10. The van der Waals surface area contributed by atoms with E-state index in [4.69, 9.17) is 14.2 Å². The molecule has 29 heavy (non-hydrogen) atoms. The topological polar surface area (TPSA) is 73.9 Å². The lowest BCUT2D eigenvalue weighted by atomic mass is 10.0. The maximum Gasteiger partial charge on any atom is 0.220 e. The van der Waals surface area contributed by atoms with Crippen LogP contribution in [0.4, 0.5) is 4.39 Å². The average molecular weight is 401 g/mol. The highest BCUT2D eigenvalue weighted by atomic mass is 19.1.